The van der Waals surface area contributed by atoms with Crippen LogP contribution >= 0.6 is 0 Å². The summed E-state index contributed by atoms with van der Waals surface area (Å²) in [4.78, 5) is 4.76. The highest BCUT2D eigenvalue weighted by Crippen LogP contribution is 2.18. The molecule has 0 atom stereocenters. The number of aryl methyl sites for hydroxylation is 1. The van der Waals surface area contributed by atoms with Crippen molar-refractivity contribution in [2.45, 2.75) is 62.9 Å². The van der Waals surface area contributed by atoms with Gasteiger partial charge in [0, 0.05) is 12.3 Å². The van der Waals surface area contributed by atoms with Crippen molar-refractivity contribution in [1.29, 1.82) is 0 Å². The number of aliphatic imine (C=N–C) groups is 1. The zero-order valence-corrected chi connectivity index (χ0v) is 14.8. The van der Waals surface area contributed by atoms with Gasteiger partial charge in [0.2, 0.25) is 0 Å². The Kier molecular flexibility index (Phi) is 6.04. The van der Waals surface area contributed by atoms with Crippen molar-refractivity contribution in [3.63, 3.8) is 0 Å². The van der Waals surface area contributed by atoms with E-state index in [0.29, 0.717) is 23.4 Å². The number of hydrogen-bond donors (Lipinski definition) is 2. The van der Waals surface area contributed by atoms with Gasteiger partial charge >= 0.3 is 0 Å². The van der Waals surface area contributed by atoms with Crippen molar-refractivity contribution in [2.75, 3.05) is 6.26 Å². The molecule has 0 aliphatic heterocycles. The van der Waals surface area contributed by atoms with Crippen LogP contribution in [0.4, 0.5) is 0 Å². The van der Waals surface area contributed by atoms with Crippen LogP contribution in [0, 0.1) is 6.92 Å². The van der Waals surface area contributed by atoms with Crippen LogP contribution in [0.1, 0.15) is 49.7 Å². The predicted molar refractivity (Wildman–Crippen MR) is 94.2 cm³/mol. The molecule has 128 valence electrons. The van der Waals surface area contributed by atoms with Crippen molar-refractivity contribution in [3.8, 4) is 0 Å². The first-order chi connectivity index (χ1) is 10.9. The predicted octanol–water partition coefficient (Wildman–Crippen LogP) is 2.53. The number of benzene rings is 1. The number of nitrogens with one attached hydrogen (secondary N) is 1. The molecule has 3 N–H and O–H groups in total. The van der Waals surface area contributed by atoms with Gasteiger partial charge in [0.05, 0.1) is 11.4 Å². The van der Waals surface area contributed by atoms with Crippen LogP contribution in [0.5, 0.6) is 0 Å². The quantitative estimate of drug-likeness (QED) is 0.502. The second kappa shape index (κ2) is 7.81. The van der Waals surface area contributed by atoms with E-state index in [1.165, 1.54) is 31.9 Å². The lowest BCUT2D eigenvalue weighted by atomic mass is 10.1. The maximum atomic E-state index is 11.6. The summed E-state index contributed by atoms with van der Waals surface area (Å²) in [6.45, 7) is 2.26. The van der Waals surface area contributed by atoms with Crippen LogP contribution in [0.2, 0.25) is 0 Å². The molecule has 0 unspecified atom stereocenters. The molecule has 2 rings (SSSR count). The first kappa shape index (κ1) is 17.8. The van der Waals surface area contributed by atoms with Gasteiger partial charge < -0.3 is 11.1 Å². The molecule has 0 radical (unpaired) electrons. The van der Waals surface area contributed by atoms with E-state index in [0.717, 1.165) is 24.0 Å². The largest absolute Gasteiger partial charge is 0.370 e. The molecule has 0 amide bonds. The zero-order chi connectivity index (χ0) is 16.9. The Morgan fingerprint density at radius 2 is 1.91 bits per heavy atom. The molecule has 0 heterocycles. The van der Waals surface area contributed by atoms with E-state index in [-0.39, 0.29) is 0 Å². The average Bonchev–Trinajstić information content (AvgIpc) is 2.72. The minimum absolute atomic E-state index is 0.370. The van der Waals surface area contributed by atoms with Gasteiger partial charge in [-0.3, -0.25) is 0 Å². The molecule has 6 heteroatoms. The van der Waals surface area contributed by atoms with Gasteiger partial charge in [0.25, 0.3) is 0 Å². The SMILES string of the molecule is Cc1cc(CN=C(N)NC2CCCCCC2)ccc1S(C)(=O)=O. The Hall–Kier alpha value is -1.56. The molecule has 5 nitrogen and oxygen atoms in total. The lowest BCUT2D eigenvalue weighted by molar-refractivity contribution is 0.530. The van der Waals surface area contributed by atoms with Gasteiger partial charge in [-0.2, -0.15) is 0 Å². The summed E-state index contributed by atoms with van der Waals surface area (Å²) in [6.07, 6.45) is 8.63. The Labute approximate surface area is 139 Å². The molecule has 0 bridgehead atoms. The molecule has 1 aromatic rings. The van der Waals surface area contributed by atoms with E-state index in [4.69, 9.17) is 5.73 Å². The number of rotatable bonds is 4. The fourth-order valence-corrected chi connectivity index (χ4v) is 4.04. The number of nitrogens with zero attached hydrogens (tertiary/aromatic N) is 1. The molecule has 1 aliphatic carbocycles. The molecule has 0 saturated heterocycles. The van der Waals surface area contributed by atoms with Crippen molar-refractivity contribution < 1.29 is 8.42 Å². The molecule has 1 fully saturated rings. The van der Waals surface area contributed by atoms with E-state index >= 15 is 0 Å². The van der Waals surface area contributed by atoms with Gasteiger partial charge in [-0.15, -0.1) is 0 Å². The van der Waals surface area contributed by atoms with Gasteiger partial charge in [-0.05, 0) is 37.0 Å². The first-order valence-electron chi connectivity index (χ1n) is 8.22. The third-order valence-corrected chi connectivity index (χ3v) is 5.53. The fourth-order valence-electron chi connectivity index (χ4n) is 3.08. The molecular weight excluding hydrogens is 310 g/mol. The van der Waals surface area contributed by atoms with E-state index < -0.39 is 9.84 Å². The van der Waals surface area contributed by atoms with Crippen molar-refractivity contribution >= 4 is 15.8 Å². The lowest BCUT2D eigenvalue weighted by Gasteiger charge is -2.16. The summed E-state index contributed by atoms with van der Waals surface area (Å²) in [5, 5.41) is 3.31. The Morgan fingerprint density at radius 1 is 1.26 bits per heavy atom. The topological polar surface area (TPSA) is 84.5 Å². The van der Waals surface area contributed by atoms with Gasteiger partial charge in [-0.1, -0.05) is 37.8 Å². The number of hydrogen-bond acceptors (Lipinski definition) is 3. The van der Waals surface area contributed by atoms with Crippen molar-refractivity contribution in [1.82, 2.24) is 5.32 Å². The summed E-state index contributed by atoms with van der Waals surface area (Å²) in [7, 11) is -3.18. The number of sulfone groups is 1. The second-order valence-electron chi connectivity index (χ2n) is 6.41. The molecule has 0 aromatic heterocycles. The third-order valence-electron chi connectivity index (χ3n) is 4.28. The van der Waals surface area contributed by atoms with E-state index in [9.17, 15) is 8.42 Å². The first-order valence-corrected chi connectivity index (χ1v) is 10.1. The summed E-state index contributed by atoms with van der Waals surface area (Å²) < 4.78 is 23.2. The van der Waals surface area contributed by atoms with Crippen LogP contribution in [-0.4, -0.2) is 26.7 Å². The summed E-state index contributed by atoms with van der Waals surface area (Å²) in [5.41, 5.74) is 7.69. The summed E-state index contributed by atoms with van der Waals surface area (Å²) in [6, 6.07) is 5.73. The molecule has 23 heavy (non-hydrogen) atoms. The third kappa shape index (κ3) is 5.53. The summed E-state index contributed by atoms with van der Waals surface area (Å²) in [5.74, 6) is 0.474. The fraction of sp³-hybridized carbons (Fsp3) is 0.588. The van der Waals surface area contributed by atoms with Crippen LogP contribution in [-0.2, 0) is 16.4 Å². The maximum absolute atomic E-state index is 11.6. The highest BCUT2D eigenvalue weighted by atomic mass is 32.2. The van der Waals surface area contributed by atoms with Gasteiger partial charge in [-0.25, -0.2) is 13.4 Å². The minimum Gasteiger partial charge on any atom is -0.370 e. The molecule has 1 aromatic carbocycles. The van der Waals surface area contributed by atoms with Gasteiger partial charge in [0.15, 0.2) is 15.8 Å². The minimum atomic E-state index is -3.18. The molecule has 0 spiro atoms. The lowest BCUT2D eigenvalue weighted by Crippen LogP contribution is -2.39. The zero-order valence-electron chi connectivity index (χ0n) is 14.0. The molecular formula is C17H27N3O2S. The van der Waals surface area contributed by atoms with Crippen LogP contribution in [0.25, 0.3) is 0 Å². The van der Waals surface area contributed by atoms with E-state index in [1.54, 1.807) is 19.1 Å². The smallest absolute Gasteiger partial charge is 0.189 e. The normalized spacial score (nSPS) is 17.7. The van der Waals surface area contributed by atoms with Crippen LogP contribution < -0.4 is 11.1 Å². The Bertz CT molecular complexity index is 660. The maximum Gasteiger partial charge on any atom is 0.189 e. The van der Waals surface area contributed by atoms with E-state index in [1.807, 2.05) is 6.07 Å². The number of guanidine groups is 1. The van der Waals surface area contributed by atoms with Gasteiger partial charge in [0.1, 0.15) is 0 Å². The monoisotopic (exact) mass is 337 g/mol. The van der Waals surface area contributed by atoms with Crippen molar-refractivity contribution in [3.05, 3.63) is 29.3 Å². The molecule has 1 aliphatic rings. The van der Waals surface area contributed by atoms with Crippen LogP contribution in [0.15, 0.2) is 28.1 Å². The van der Waals surface area contributed by atoms with Crippen LogP contribution in [0.3, 0.4) is 0 Å². The second-order valence-corrected chi connectivity index (χ2v) is 8.39. The summed E-state index contributed by atoms with van der Waals surface area (Å²) >= 11 is 0. The molecule has 1 saturated carbocycles. The Balaban J connectivity index is 1.97. The van der Waals surface area contributed by atoms with E-state index in [2.05, 4.69) is 10.3 Å². The number of nitrogens with two attached hydrogens (primary N) is 1. The Morgan fingerprint density at radius 3 is 2.48 bits per heavy atom. The standard InChI is InChI=1S/C17H27N3O2S/c1-13-11-14(9-10-16(13)23(2,21)22)12-19-17(18)20-15-7-5-3-4-6-8-15/h9-11,15H,3-8,12H2,1-2H3,(H3,18,19,20). The average molecular weight is 337 g/mol. The highest BCUT2D eigenvalue weighted by Gasteiger charge is 2.13. The van der Waals surface area contributed by atoms with Crippen molar-refractivity contribution in [2.24, 2.45) is 10.7 Å². The highest BCUT2D eigenvalue weighted by molar-refractivity contribution is 7.90.